The summed E-state index contributed by atoms with van der Waals surface area (Å²) >= 11 is 0. The fourth-order valence-electron chi connectivity index (χ4n) is 2.10. The van der Waals surface area contributed by atoms with Crippen molar-refractivity contribution in [2.45, 2.75) is 23.8 Å². The summed E-state index contributed by atoms with van der Waals surface area (Å²) in [5, 5.41) is 0. The first-order chi connectivity index (χ1) is 8.05. The van der Waals surface area contributed by atoms with Gasteiger partial charge < -0.3 is 5.73 Å². The maximum atomic E-state index is 12.8. The minimum absolute atomic E-state index is 0.124. The first-order valence-corrected chi connectivity index (χ1v) is 6.97. The third kappa shape index (κ3) is 2.34. The van der Waals surface area contributed by atoms with Gasteiger partial charge in [0.2, 0.25) is 10.0 Å². The Kier molecular flexibility index (Phi) is 3.46. The summed E-state index contributed by atoms with van der Waals surface area (Å²) in [5.41, 5.74) is 5.56. The van der Waals surface area contributed by atoms with Crippen molar-refractivity contribution in [2.24, 2.45) is 5.73 Å². The Labute approximate surface area is 100 Å². The molecule has 0 spiro atoms. The lowest BCUT2D eigenvalue weighted by atomic mass is 10.2. The first kappa shape index (κ1) is 12.5. The predicted molar refractivity (Wildman–Crippen MR) is 62.4 cm³/mol. The fourth-order valence-corrected chi connectivity index (χ4v) is 3.81. The highest BCUT2D eigenvalue weighted by Gasteiger charge is 2.34. The quantitative estimate of drug-likeness (QED) is 0.877. The molecule has 1 aromatic rings. The van der Waals surface area contributed by atoms with Gasteiger partial charge >= 0.3 is 0 Å². The molecule has 94 valence electrons. The minimum atomic E-state index is -3.53. The van der Waals surface area contributed by atoms with Crippen molar-refractivity contribution in [3.05, 3.63) is 30.1 Å². The van der Waals surface area contributed by atoms with Gasteiger partial charge in [-0.2, -0.15) is 4.31 Å². The number of nitrogens with zero attached hydrogens (tertiary/aromatic N) is 1. The van der Waals surface area contributed by atoms with Crippen molar-refractivity contribution in [2.75, 3.05) is 13.1 Å². The molecule has 17 heavy (non-hydrogen) atoms. The summed E-state index contributed by atoms with van der Waals surface area (Å²) < 4.78 is 38.7. The van der Waals surface area contributed by atoms with E-state index in [0.29, 0.717) is 13.1 Å². The van der Waals surface area contributed by atoms with E-state index in [2.05, 4.69) is 0 Å². The molecule has 2 rings (SSSR count). The Morgan fingerprint density at radius 2 is 2.00 bits per heavy atom. The van der Waals surface area contributed by atoms with E-state index in [1.165, 1.54) is 16.4 Å². The molecule has 0 aromatic heterocycles. The molecular formula is C11H15FN2O2S. The molecule has 0 saturated carbocycles. The second-order valence-electron chi connectivity index (χ2n) is 4.10. The highest BCUT2D eigenvalue weighted by molar-refractivity contribution is 7.89. The number of rotatable bonds is 3. The standard InChI is InChI=1S/C11H15FN2O2S/c12-9-3-5-11(6-4-9)17(15,16)14-7-1-2-10(14)8-13/h3-6,10H,1-2,7-8,13H2. The van der Waals surface area contributed by atoms with Gasteiger partial charge in [0.25, 0.3) is 0 Å². The van der Waals surface area contributed by atoms with Gasteiger partial charge in [-0.1, -0.05) is 0 Å². The molecule has 1 aliphatic rings. The monoisotopic (exact) mass is 258 g/mol. The summed E-state index contributed by atoms with van der Waals surface area (Å²) in [6.07, 6.45) is 1.61. The van der Waals surface area contributed by atoms with Crippen LogP contribution in [0.3, 0.4) is 0 Å². The second-order valence-corrected chi connectivity index (χ2v) is 5.99. The SMILES string of the molecule is NCC1CCCN1S(=O)(=O)c1ccc(F)cc1. The summed E-state index contributed by atoms with van der Waals surface area (Å²) in [5.74, 6) is -0.444. The van der Waals surface area contributed by atoms with Crippen molar-refractivity contribution in [1.82, 2.24) is 4.31 Å². The summed E-state index contributed by atoms with van der Waals surface area (Å²) in [4.78, 5) is 0.124. The molecule has 1 aliphatic heterocycles. The van der Waals surface area contributed by atoms with Crippen LogP contribution >= 0.6 is 0 Å². The van der Waals surface area contributed by atoms with Crippen LogP contribution in [-0.2, 0) is 10.0 Å². The molecule has 1 saturated heterocycles. The molecule has 1 heterocycles. The van der Waals surface area contributed by atoms with Gasteiger partial charge in [-0.15, -0.1) is 0 Å². The number of hydrogen-bond donors (Lipinski definition) is 1. The van der Waals surface area contributed by atoms with Crippen molar-refractivity contribution < 1.29 is 12.8 Å². The van der Waals surface area contributed by atoms with E-state index < -0.39 is 15.8 Å². The molecule has 1 fully saturated rings. The van der Waals surface area contributed by atoms with Gasteiger partial charge in [-0.05, 0) is 37.1 Å². The van der Waals surface area contributed by atoms with Gasteiger partial charge in [0.15, 0.2) is 0 Å². The lowest BCUT2D eigenvalue weighted by molar-refractivity contribution is 0.393. The van der Waals surface area contributed by atoms with Gasteiger partial charge in [-0.3, -0.25) is 0 Å². The zero-order valence-corrected chi connectivity index (χ0v) is 10.2. The normalized spacial score (nSPS) is 21.9. The smallest absolute Gasteiger partial charge is 0.243 e. The van der Waals surface area contributed by atoms with Crippen LogP contribution in [0.4, 0.5) is 4.39 Å². The molecule has 0 amide bonds. The third-order valence-corrected chi connectivity index (χ3v) is 4.98. The molecule has 1 aromatic carbocycles. The van der Waals surface area contributed by atoms with E-state index in [9.17, 15) is 12.8 Å². The molecule has 0 bridgehead atoms. The van der Waals surface area contributed by atoms with E-state index in [0.717, 1.165) is 25.0 Å². The van der Waals surface area contributed by atoms with E-state index >= 15 is 0 Å². The van der Waals surface area contributed by atoms with Crippen LogP contribution in [-0.4, -0.2) is 31.9 Å². The molecule has 6 heteroatoms. The molecule has 2 N–H and O–H groups in total. The lowest BCUT2D eigenvalue weighted by Crippen LogP contribution is -2.39. The maximum absolute atomic E-state index is 12.8. The topological polar surface area (TPSA) is 63.4 Å². The van der Waals surface area contributed by atoms with Crippen LogP contribution in [0.15, 0.2) is 29.2 Å². The number of nitrogens with two attached hydrogens (primary N) is 1. The van der Waals surface area contributed by atoms with Crippen LogP contribution in [0.1, 0.15) is 12.8 Å². The Hall–Kier alpha value is -0.980. The van der Waals surface area contributed by atoms with Crippen molar-refractivity contribution in [3.63, 3.8) is 0 Å². The van der Waals surface area contributed by atoms with Crippen LogP contribution in [0, 0.1) is 5.82 Å². The van der Waals surface area contributed by atoms with Crippen LogP contribution < -0.4 is 5.73 Å². The fraction of sp³-hybridized carbons (Fsp3) is 0.455. The number of sulfonamides is 1. The molecule has 1 unspecified atom stereocenters. The minimum Gasteiger partial charge on any atom is -0.329 e. The van der Waals surface area contributed by atoms with Crippen molar-refractivity contribution >= 4 is 10.0 Å². The predicted octanol–water partition coefficient (Wildman–Crippen LogP) is 0.937. The van der Waals surface area contributed by atoms with Crippen LogP contribution in [0.2, 0.25) is 0 Å². The third-order valence-electron chi connectivity index (χ3n) is 3.02. The Morgan fingerprint density at radius 3 is 2.59 bits per heavy atom. The summed E-state index contributed by atoms with van der Waals surface area (Å²) in [6.45, 7) is 0.808. The average molecular weight is 258 g/mol. The largest absolute Gasteiger partial charge is 0.329 e. The Balaban J connectivity index is 2.33. The zero-order chi connectivity index (χ0) is 12.5. The van der Waals surface area contributed by atoms with Crippen LogP contribution in [0.5, 0.6) is 0 Å². The molecular weight excluding hydrogens is 243 g/mol. The number of hydrogen-bond acceptors (Lipinski definition) is 3. The highest BCUT2D eigenvalue weighted by Crippen LogP contribution is 2.25. The number of benzene rings is 1. The van der Waals surface area contributed by atoms with E-state index in [1.807, 2.05) is 0 Å². The zero-order valence-electron chi connectivity index (χ0n) is 9.34. The van der Waals surface area contributed by atoms with Gasteiger partial charge in [0.1, 0.15) is 5.82 Å². The molecule has 4 nitrogen and oxygen atoms in total. The van der Waals surface area contributed by atoms with E-state index in [1.54, 1.807) is 0 Å². The van der Waals surface area contributed by atoms with E-state index in [-0.39, 0.29) is 10.9 Å². The summed E-state index contributed by atoms with van der Waals surface area (Å²) in [7, 11) is -3.53. The Bertz CT molecular complexity index is 487. The second kappa shape index (κ2) is 4.72. The molecule has 0 radical (unpaired) electrons. The average Bonchev–Trinajstić information content (AvgIpc) is 2.78. The van der Waals surface area contributed by atoms with Gasteiger partial charge in [-0.25, -0.2) is 12.8 Å². The first-order valence-electron chi connectivity index (χ1n) is 5.53. The number of halogens is 1. The maximum Gasteiger partial charge on any atom is 0.243 e. The van der Waals surface area contributed by atoms with Crippen LogP contribution in [0.25, 0.3) is 0 Å². The van der Waals surface area contributed by atoms with Crippen molar-refractivity contribution in [3.8, 4) is 0 Å². The molecule has 0 aliphatic carbocycles. The van der Waals surface area contributed by atoms with Crippen molar-refractivity contribution in [1.29, 1.82) is 0 Å². The van der Waals surface area contributed by atoms with E-state index in [4.69, 9.17) is 5.73 Å². The highest BCUT2D eigenvalue weighted by atomic mass is 32.2. The van der Waals surface area contributed by atoms with Gasteiger partial charge in [0.05, 0.1) is 4.90 Å². The molecule has 1 atom stereocenters. The van der Waals surface area contributed by atoms with Gasteiger partial charge in [0, 0.05) is 19.1 Å². The Morgan fingerprint density at radius 1 is 1.35 bits per heavy atom. The summed E-state index contributed by atoms with van der Waals surface area (Å²) in [6, 6.07) is 4.75. The lowest BCUT2D eigenvalue weighted by Gasteiger charge is -2.22.